The molecule has 0 saturated heterocycles. The molecular weight excluding hydrogens is 320 g/mol. The number of aromatic nitrogens is 3. The first kappa shape index (κ1) is 16.6. The SMILES string of the molecule is O=C(CCCn1nc(-c2cccnc2)ccc1=O)NCc1ccco1. The van der Waals surface area contributed by atoms with Gasteiger partial charge in [0.25, 0.3) is 5.56 Å². The average Bonchev–Trinajstić information content (AvgIpc) is 3.16. The second-order valence-electron chi connectivity index (χ2n) is 5.48. The highest BCUT2D eigenvalue weighted by Gasteiger charge is 2.06. The Bertz CT molecular complexity index is 873. The number of amides is 1. The molecule has 3 rings (SSSR count). The quantitative estimate of drug-likeness (QED) is 0.711. The molecule has 0 atom stereocenters. The molecule has 3 aromatic heterocycles. The fraction of sp³-hybridized carbons (Fsp3) is 0.222. The van der Waals surface area contributed by atoms with Crippen molar-refractivity contribution in [2.24, 2.45) is 0 Å². The van der Waals surface area contributed by atoms with Gasteiger partial charge in [0.1, 0.15) is 5.76 Å². The highest BCUT2D eigenvalue weighted by molar-refractivity contribution is 5.75. The topological polar surface area (TPSA) is 90.0 Å². The van der Waals surface area contributed by atoms with Gasteiger partial charge in [0.2, 0.25) is 5.91 Å². The molecule has 0 aromatic carbocycles. The van der Waals surface area contributed by atoms with Crippen molar-refractivity contribution in [2.75, 3.05) is 0 Å². The molecular formula is C18H18N4O3. The van der Waals surface area contributed by atoms with Crippen LogP contribution in [-0.2, 0) is 17.9 Å². The smallest absolute Gasteiger partial charge is 0.266 e. The molecule has 0 saturated carbocycles. The third-order valence-corrected chi connectivity index (χ3v) is 3.64. The highest BCUT2D eigenvalue weighted by Crippen LogP contribution is 2.12. The van der Waals surface area contributed by atoms with Gasteiger partial charge in [-0.3, -0.25) is 14.6 Å². The molecule has 25 heavy (non-hydrogen) atoms. The van der Waals surface area contributed by atoms with Crippen LogP contribution in [0.5, 0.6) is 0 Å². The lowest BCUT2D eigenvalue weighted by molar-refractivity contribution is -0.121. The Morgan fingerprint density at radius 2 is 2.12 bits per heavy atom. The largest absolute Gasteiger partial charge is 0.467 e. The second kappa shape index (κ2) is 8.05. The van der Waals surface area contributed by atoms with Gasteiger partial charge >= 0.3 is 0 Å². The Balaban J connectivity index is 1.54. The summed E-state index contributed by atoms with van der Waals surface area (Å²) >= 11 is 0. The standard InChI is InChI=1S/C18H18N4O3/c23-17(20-13-15-5-3-11-25-15)6-2-10-22-18(24)8-7-16(21-22)14-4-1-9-19-12-14/h1,3-5,7-9,11-12H,2,6,10,13H2,(H,20,23). The summed E-state index contributed by atoms with van der Waals surface area (Å²) in [6.45, 7) is 0.738. The minimum Gasteiger partial charge on any atom is -0.467 e. The molecule has 0 aliphatic rings. The maximum Gasteiger partial charge on any atom is 0.266 e. The Hall–Kier alpha value is -3.22. The fourth-order valence-electron chi connectivity index (χ4n) is 2.35. The molecule has 7 heteroatoms. The number of carbonyl (C=O) groups is 1. The van der Waals surface area contributed by atoms with Gasteiger partial charge in [0.15, 0.2) is 0 Å². The van der Waals surface area contributed by atoms with Gasteiger partial charge in [-0.15, -0.1) is 0 Å². The first-order valence-corrected chi connectivity index (χ1v) is 8.00. The van der Waals surface area contributed by atoms with Gasteiger partial charge in [0, 0.05) is 37.0 Å². The van der Waals surface area contributed by atoms with Crippen LogP contribution in [-0.4, -0.2) is 20.7 Å². The van der Waals surface area contributed by atoms with Crippen LogP contribution in [0.3, 0.4) is 0 Å². The third-order valence-electron chi connectivity index (χ3n) is 3.64. The van der Waals surface area contributed by atoms with Crippen LogP contribution in [0.1, 0.15) is 18.6 Å². The minimum atomic E-state index is -0.191. The Labute approximate surface area is 144 Å². The van der Waals surface area contributed by atoms with E-state index < -0.39 is 0 Å². The van der Waals surface area contributed by atoms with Gasteiger partial charge in [0.05, 0.1) is 18.5 Å². The maximum atomic E-state index is 11.9. The predicted octanol–water partition coefficient (Wildman–Crippen LogP) is 1.99. The lowest BCUT2D eigenvalue weighted by Crippen LogP contribution is -2.25. The molecule has 128 valence electrons. The Morgan fingerprint density at radius 3 is 2.88 bits per heavy atom. The average molecular weight is 338 g/mol. The van der Waals surface area contributed by atoms with Crippen LogP contribution in [0.2, 0.25) is 0 Å². The molecule has 0 bridgehead atoms. The Morgan fingerprint density at radius 1 is 1.20 bits per heavy atom. The predicted molar refractivity (Wildman–Crippen MR) is 91.5 cm³/mol. The van der Waals surface area contributed by atoms with E-state index in [1.165, 1.54) is 10.7 Å². The van der Waals surface area contributed by atoms with Crippen molar-refractivity contribution in [3.8, 4) is 11.3 Å². The highest BCUT2D eigenvalue weighted by atomic mass is 16.3. The number of carbonyl (C=O) groups excluding carboxylic acids is 1. The molecule has 1 N–H and O–H groups in total. The number of hydrogen-bond donors (Lipinski definition) is 1. The zero-order valence-corrected chi connectivity index (χ0v) is 13.6. The van der Waals surface area contributed by atoms with E-state index in [0.29, 0.717) is 37.4 Å². The first-order valence-electron chi connectivity index (χ1n) is 8.00. The van der Waals surface area contributed by atoms with E-state index in [9.17, 15) is 9.59 Å². The third kappa shape index (κ3) is 4.63. The molecule has 3 aromatic rings. The maximum absolute atomic E-state index is 11.9. The van der Waals surface area contributed by atoms with Gasteiger partial charge in [-0.2, -0.15) is 5.10 Å². The fourth-order valence-corrected chi connectivity index (χ4v) is 2.35. The summed E-state index contributed by atoms with van der Waals surface area (Å²) in [6, 6.07) is 10.4. The normalized spacial score (nSPS) is 10.6. The molecule has 0 aliphatic heterocycles. The van der Waals surface area contributed by atoms with Crippen LogP contribution in [0.15, 0.2) is 64.3 Å². The first-order chi connectivity index (χ1) is 12.2. The zero-order valence-electron chi connectivity index (χ0n) is 13.6. The van der Waals surface area contributed by atoms with E-state index in [2.05, 4.69) is 15.4 Å². The second-order valence-corrected chi connectivity index (χ2v) is 5.48. The molecule has 7 nitrogen and oxygen atoms in total. The van der Waals surface area contributed by atoms with E-state index >= 15 is 0 Å². The van der Waals surface area contributed by atoms with Gasteiger partial charge < -0.3 is 9.73 Å². The summed E-state index contributed by atoms with van der Waals surface area (Å²) in [4.78, 5) is 27.8. The number of hydrogen-bond acceptors (Lipinski definition) is 5. The van der Waals surface area contributed by atoms with Crippen LogP contribution in [0.25, 0.3) is 11.3 Å². The van der Waals surface area contributed by atoms with E-state index in [0.717, 1.165) is 5.56 Å². The van der Waals surface area contributed by atoms with Gasteiger partial charge in [-0.05, 0) is 36.8 Å². The van der Waals surface area contributed by atoms with Crippen molar-refractivity contribution in [1.29, 1.82) is 0 Å². The van der Waals surface area contributed by atoms with Crippen molar-refractivity contribution < 1.29 is 9.21 Å². The molecule has 3 heterocycles. The summed E-state index contributed by atoms with van der Waals surface area (Å²) in [5, 5.41) is 7.12. The van der Waals surface area contributed by atoms with Crippen LogP contribution in [0, 0.1) is 0 Å². The van der Waals surface area contributed by atoms with Crippen molar-refractivity contribution in [2.45, 2.75) is 25.9 Å². The lowest BCUT2D eigenvalue weighted by Gasteiger charge is -2.07. The monoisotopic (exact) mass is 338 g/mol. The number of furan rings is 1. The summed E-state index contributed by atoms with van der Waals surface area (Å²) in [5.74, 6) is 0.614. The van der Waals surface area contributed by atoms with Crippen molar-refractivity contribution >= 4 is 5.91 Å². The number of pyridine rings is 1. The van der Waals surface area contributed by atoms with E-state index in [-0.39, 0.29) is 11.5 Å². The Kier molecular flexibility index (Phi) is 5.36. The van der Waals surface area contributed by atoms with E-state index in [1.54, 1.807) is 36.9 Å². The molecule has 1 amide bonds. The number of rotatable bonds is 7. The molecule has 0 spiro atoms. The zero-order chi connectivity index (χ0) is 17.5. The number of nitrogens with zero attached hydrogens (tertiary/aromatic N) is 3. The van der Waals surface area contributed by atoms with Crippen LogP contribution in [0.4, 0.5) is 0 Å². The molecule has 0 radical (unpaired) electrons. The summed E-state index contributed by atoms with van der Waals surface area (Å²) in [7, 11) is 0. The molecule has 0 unspecified atom stereocenters. The molecule has 0 fully saturated rings. The summed E-state index contributed by atoms with van der Waals surface area (Å²) in [5.41, 5.74) is 1.33. The minimum absolute atomic E-state index is 0.0899. The molecule has 0 aliphatic carbocycles. The van der Waals surface area contributed by atoms with Crippen LogP contribution < -0.4 is 10.9 Å². The summed E-state index contributed by atoms with van der Waals surface area (Å²) in [6.07, 6.45) is 5.77. The van der Waals surface area contributed by atoms with Gasteiger partial charge in [-0.25, -0.2) is 4.68 Å². The van der Waals surface area contributed by atoms with Crippen molar-refractivity contribution in [1.82, 2.24) is 20.1 Å². The van der Waals surface area contributed by atoms with Crippen molar-refractivity contribution in [3.05, 3.63) is 71.2 Å². The summed E-state index contributed by atoms with van der Waals surface area (Å²) < 4.78 is 6.53. The van der Waals surface area contributed by atoms with Gasteiger partial charge in [-0.1, -0.05) is 0 Å². The van der Waals surface area contributed by atoms with E-state index in [1.807, 2.05) is 12.1 Å². The number of nitrogens with one attached hydrogen (secondary N) is 1. The lowest BCUT2D eigenvalue weighted by atomic mass is 10.2. The van der Waals surface area contributed by atoms with Crippen molar-refractivity contribution in [3.63, 3.8) is 0 Å². The number of aryl methyl sites for hydroxylation is 1. The van der Waals surface area contributed by atoms with E-state index in [4.69, 9.17) is 4.42 Å². The van der Waals surface area contributed by atoms with Crippen LogP contribution >= 0.6 is 0 Å².